The highest BCUT2D eigenvalue weighted by Gasteiger charge is 2.36. The van der Waals surface area contributed by atoms with Crippen LogP contribution in [0.15, 0.2) is 66.9 Å². The van der Waals surface area contributed by atoms with Crippen molar-refractivity contribution < 1.29 is 14.0 Å². The predicted octanol–water partition coefficient (Wildman–Crippen LogP) is 4.19. The normalized spacial score (nSPS) is 16.1. The van der Waals surface area contributed by atoms with Gasteiger partial charge in [-0.3, -0.25) is 9.59 Å². The van der Waals surface area contributed by atoms with Crippen molar-refractivity contribution >= 4 is 23.3 Å². The summed E-state index contributed by atoms with van der Waals surface area (Å²) in [5.41, 5.74) is 2.97. The van der Waals surface area contributed by atoms with E-state index in [1.165, 1.54) is 11.0 Å². The van der Waals surface area contributed by atoms with Crippen LogP contribution >= 0.6 is 0 Å². The number of anilines is 2. The number of carbonyl (C=O) groups excluding carboxylic acids is 2. The number of carbonyl (C=O) groups is 2. The molecular formula is C23H20FN3O2. The van der Waals surface area contributed by atoms with Crippen molar-refractivity contribution in [3.63, 3.8) is 0 Å². The largest absolute Gasteiger partial charge is 0.310 e. The molecule has 1 fully saturated rings. The first-order chi connectivity index (χ1) is 14.0. The molecule has 0 saturated carbocycles. The lowest BCUT2D eigenvalue weighted by atomic mass is 10.1. The van der Waals surface area contributed by atoms with Crippen LogP contribution in [0.25, 0.3) is 11.1 Å². The summed E-state index contributed by atoms with van der Waals surface area (Å²) in [7, 11) is 0. The molecule has 0 aliphatic carbocycles. The van der Waals surface area contributed by atoms with Crippen LogP contribution in [0.5, 0.6) is 0 Å². The van der Waals surface area contributed by atoms with Crippen LogP contribution in [0.4, 0.5) is 15.9 Å². The van der Waals surface area contributed by atoms with Crippen molar-refractivity contribution in [3.8, 4) is 11.1 Å². The second kappa shape index (κ2) is 7.83. The van der Waals surface area contributed by atoms with E-state index in [1.54, 1.807) is 31.3 Å². The Bertz CT molecular complexity index is 1050. The summed E-state index contributed by atoms with van der Waals surface area (Å²) in [6, 6.07) is 18.1. The highest BCUT2D eigenvalue weighted by molar-refractivity contribution is 6.03. The standard InChI is InChI=1S/C23H20FN3O2/c1-15-7-9-20(19(24)11-15)27-14-18(12-22(27)28)23(29)26-21-10-8-17(13-25-21)16-5-3-2-4-6-16/h2-11,13,18H,12,14H2,1H3,(H,25,26,29). The molecule has 6 heteroatoms. The Morgan fingerprint density at radius 1 is 1.10 bits per heavy atom. The minimum Gasteiger partial charge on any atom is -0.310 e. The van der Waals surface area contributed by atoms with Crippen molar-refractivity contribution in [1.29, 1.82) is 0 Å². The Kier molecular flexibility index (Phi) is 5.08. The van der Waals surface area contributed by atoms with Gasteiger partial charge in [-0.25, -0.2) is 9.37 Å². The molecule has 1 aromatic heterocycles. The van der Waals surface area contributed by atoms with E-state index in [0.717, 1.165) is 16.7 Å². The van der Waals surface area contributed by atoms with E-state index in [-0.39, 0.29) is 30.5 Å². The highest BCUT2D eigenvalue weighted by atomic mass is 19.1. The van der Waals surface area contributed by atoms with Crippen LogP contribution < -0.4 is 10.2 Å². The number of aryl methyl sites for hydroxylation is 1. The van der Waals surface area contributed by atoms with Crippen molar-refractivity contribution in [2.24, 2.45) is 5.92 Å². The molecule has 0 spiro atoms. The second-order valence-corrected chi connectivity index (χ2v) is 7.15. The van der Waals surface area contributed by atoms with Crippen molar-refractivity contribution in [2.75, 3.05) is 16.8 Å². The summed E-state index contributed by atoms with van der Waals surface area (Å²) in [4.78, 5) is 30.6. The van der Waals surface area contributed by atoms with Gasteiger partial charge in [0, 0.05) is 24.7 Å². The molecule has 4 rings (SSSR count). The predicted molar refractivity (Wildman–Crippen MR) is 110 cm³/mol. The summed E-state index contributed by atoms with van der Waals surface area (Å²) >= 11 is 0. The Hall–Kier alpha value is -3.54. The number of halogens is 1. The lowest BCUT2D eigenvalue weighted by Gasteiger charge is -2.17. The Labute approximate surface area is 168 Å². The minimum absolute atomic E-state index is 0.0429. The maximum absolute atomic E-state index is 14.2. The number of hydrogen-bond acceptors (Lipinski definition) is 3. The molecule has 29 heavy (non-hydrogen) atoms. The summed E-state index contributed by atoms with van der Waals surface area (Å²) in [5, 5.41) is 2.76. The van der Waals surface area contributed by atoms with Gasteiger partial charge in [0.2, 0.25) is 11.8 Å². The molecule has 1 aliphatic rings. The minimum atomic E-state index is -0.557. The molecule has 5 nitrogen and oxygen atoms in total. The molecule has 2 aromatic carbocycles. The number of pyridine rings is 1. The number of nitrogens with one attached hydrogen (secondary N) is 1. The second-order valence-electron chi connectivity index (χ2n) is 7.15. The van der Waals surface area contributed by atoms with Crippen molar-refractivity contribution in [1.82, 2.24) is 4.98 Å². The van der Waals surface area contributed by atoms with Crippen LogP contribution in [0.1, 0.15) is 12.0 Å². The third-order valence-electron chi connectivity index (χ3n) is 5.01. The first-order valence-electron chi connectivity index (χ1n) is 9.40. The molecule has 0 radical (unpaired) electrons. The number of aromatic nitrogens is 1. The van der Waals surface area contributed by atoms with Crippen LogP contribution in [0.3, 0.4) is 0 Å². The number of amides is 2. The van der Waals surface area contributed by atoms with Crippen LogP contribution in [0, 0.1) is 18.7 Å². The van der Waals surface area contributed by atoms with Gasteiger partial charge in [0.05, 0.1) is 11.6 Å². The van der Waals surface area contributed by atoms with Crippen LogP contribution in [-0.4, -0.2) is 23.3 Å². The van der Waals surface area contributed by atoms with Gasteiger partial charge in [-0.2, -0.15) is 0 Å². The van der Waals surface area contributed by atoms with Crippen molar-refractivity contribution in [2.45, 2.75) is 13.3 Å². The zero-order valence-corrected chi connectivity index (χ0v) is 15.9. The summed E-state index contributed by atoms with van der Waals surface area (Å²) in [6.45, 7) is 1.93. The summed E-state index contributed by atoms with van der Waals surface area (Å²) < 4.78 is 14.2. The molecule has 1 saturated heterocycles. The molecule has 0 bridgehead atoms. The van der Waals surface area contributed by atoms with E-state index in [4.69, 9.17) is 0 Å². The van der Waals surface area contributed by atoms with Gasteiger partial charge in [-0.15, -0.1) is 0 Å². The molecule has 1 aliphatic heterocycles. The van der Waals surface area contributed by atoms with Gasteiger partial charge in [0.1, 0.15) is 11.6 Å². The van der Waals surface area contributed by atoms with E-state index in [0.29, 0.717) is 5.82 Å². The first-order valence-corrected chi connectivity index (χ1v) is 9.40. The van der Waals surface area contributed by atoms with Crippen molar-refractivity contribution in [3.05, 3.63) is 78.2 Å². The average molecular weight is 389 g/mol. The molecule has 2 amide bonds. The summed E-state index contributed by atoms with van der Waals surface area (Å²) in [6.07, 6.45) is 1.74. The zero-order valence-electron chi connectivity index (χ0n) is 15.9. The molecule has 1 atom stereocenters. The van der Waals surface area contributed by atoms with E-state index in [2.05, 4.69) is 10.3 Å². The maximum atomic E-state index is 14.2. The molecule has 3 aromatic rings. The SMILES string of the molecule is Cc1ccc(N2CC(C(=O)Nc3ccc(-c4ccccc4)cn3)CC2=O)c(F)c1. The number of rotatable bonds is 4. The lowest BCUT2D eigenvalue weighted by molar-refractivity contribution is -0.122. The molecular weight excluding hydrogens is 369 g/mol. The van der Waals surface area contributed by atoms with Gasteiger partial charge in [0.15, 0.2) is 0 Å². The fourth-order valence-corrected chi connectivity index (χ4v) is 3.44. The van der Waals surface area contributed by atoms with Gasteiger partial charge in [-0.1, -0.05) is 36.4 Å². The van der Waals surface area contributed by atoms with Gasteiger partial charge in [-0.05, 0) is 42.3 Å². The van der Waals surface area contributed by atoms with Gasteiger partial charge in [0.25, 0.3) is 0 Å². The Balaban J connectivity index is 1.43. The van der Waals surface area contributed by atoms with E-state index < -0.39 is 11.7 Å². The van der Waals surface area contributed by atoms with Crippen LogP contribution in [-0.2, 0) is 9.59 Å². The van der Waals surface area contributed by atoms with E-state index >= 15 is 0 Å². The number of hydrogen-bond donors (Lipinski definition) is 1. The Morgan fingerprint density at radius 2 is 1.90 bits per heavy atom. The lowest BCUT2D eigenvalue weighted by Crippen LogP contribution is -2.28. The van der Waals surface area contributed by atoms with E-state index in [1.807, 2.05) is 36.4 Å². The third-order valence-corrected chi connectivity index (χ3v) is 5.01. The van der Waals surface area contributed by atoms with Gasteiger partial charge < -0.3 is 10.2 Å². The monoisotopic (exact) mass is 389 g/mol. The third kappa shape index (κ3) is 4.01. The van der Waals surface area contributed by atoms with Crippen LogP contribution in [0.2, 0.25) is 0 Å². The smallest absolute Gasteiger partial charge is 0.230 e. The fourth-order valence-electron chi connectivity index (χ4n) is 3.44. The first kappa shape index (κ1) is 18.8. The summed E-state index contributed by atoms with van der Waals surface area (Å²) in [5.74, 6) is -1.16. The highest BCUT2D eigenvalue weighted by Crippen LogP contribution is 2.28. The average Bonchev–Trinajstić information content (AvgIpc) is 3.11. The van der Waals surface area contributed by atoms with Gasteiger partial charge >= 0.3 is 0 Å². The van der Waals surface area contributed by atoms with E-state index in [9.17, 15) is 14.0 Å². The molecule has 146 valence electrons. The fraction of sp³-hybridized carbons (Fsp3) is 0.174. The topological polar surface area (TPSA) is 62.3 Å². The zero-order chi connectivity index (χ0) is 20.4. The maximum Gasteiger partial charge on any atom is 0.230 e. The molecule has 1 unspecified atom stereocenters. The Morgan fingerprint density at radius 3 is 2.59 bits per heavy atom. The quantitative estimate of drug-likeness (QED) is 0.728. The molecule has 1 N–H and O–H groups in total. The number of nitrogens with zero attached hydrogens (tertiary/aromatic N) is 2. The molecule has 2 heterocycles. The number of benzene rings is 2.